The molecule has 4 rings (SSSR count). The number of hydrogen-bond acceptors (Lipinski definition) is 8. The fourth-order valence-electron chi connectivity index (χ4n) is 5.72. The van der Waals surface area contributed by atoms with Crippen molar-refractivity contribution in [1.82, 2.24) is 0 Å². The summed E-state index contributed by atoms with van der Waals surface area (Å²) < 4.78 is 10.9. The lowest BCUT2D eigenvalue weighted by Crippen LogP contribution is -2.24. The third-order valence-electron chi connectivity index (χ3n) is 8.62. The molecular weight excluding hydrogens is 660 g/mol. The molecule has 0 aromatic heterocycles. The van der Waals surface area contributed by atoms with Gasteiger partial charge in [-0.1, -0.05) is 70.2 Å². The molecule has 4 aromatic carbocycles. The van der Waals surface area contributed by atoms with Crippen molar-refractivity contribution >= 4 is 35.8 Å². The highest BCUT2D eigenvalue weighted by Crippen LogP contribution is 2.39. The molecular formula is C39H36O12. The Kier molecular flexibility index (Phi) is 12.1. The summed E-state index contributed by atoms with van der Waals surface area (Å²) in [7, 11) is 0. The minimum Gasteiger partial charge on any atom is -0.478 e. The Morgan fingerprint density at radius 2 is 0.882 bits per heavy atom. The molecule has 0 bridgehead atoms. The smallest absolute Gasteiger partial charge is 0.343 e. The largest absolute Gasteiger partial charge is 0.478 e. The molecule has 0 spiro atoms. The van der Waals surface area contributed by atoms with Crippen molar-refractivity contribution in [2.24, 2.45) is 0 Å². The van der Waals surface area contributed by atoms with E-state index in [-0.39, 0.29) is 22.6 Å². The molecule has 12 heteroatoms. The van der Waals surface area contributed by atoms with Crippen LogP contribution in [0.15, 0.2) is 84.9 Å². The first-order chi connectivity index (χ1) is 24.2. The highest BCUT2D eigenvalue weighted by Gasteiger charge is 2.29. The topological polar surface area (TPSA) is 202 Å². The molecule has 0 saturated heterocycles. The number of rotatable bonds is 16. The molecule has 0 radical (unpaired) electrons. The lowest BCUT2D eigenvalue weighted by atomic mass is 9.72. The van der Waals surface area contributed by atoms with E-state index in [0.29, 0.717) is 0 Å². The van der Waals surface area contributed by atoms with Crippen LogP contribution in [0.2, 0.25) is 0 Å². The van der Waals surface area contributed by atoms with Gasteiger partial charge in [0.15, 0.2) is 0 Å². The summed E-state index contributed by atoms with van der Waals surface area (Å²) in [6, 6.07) is 20.1. The van der Waals surface area contributed by atoms with E-state index in [0.717, 1.165) is 73.9 Å². The maximum absolute atomic E-state index is 12.8. The van der Waals surface area contributed by atoms with Crippen molar-refractivity contribution in [2.45, 2.75) is 57.8 Å². The minimum absolute atomic E-state index is 0.126. The number of carboxylic acid groups (broad SMARTS) is 4. The number of ether oxygens (including phenoxy) is 2. The van der Waals surface area contributed by atoms with Crippen molar-refractivity contribution in [3.63, 3.8) is 0 Å². The molecule has 4 aromatic rings. The predicted octanol–water partition coefficient (Wildman–Crippen LogP) is 7.58. The molecule has 4 N–H and O–H groups in total. The lowest BCUT2D eigenvalue weighted by Gasteiger charge is -2.31. The quantitative estimate of drug-likeness (QED) is 0.0509. The maximum Gasteiger partial charge on any atom is 0.343 e. The van der Waals surface area contributed by atoms with Gasteiger partial charge < -0.3 is 29.9 Å². The fourth-order valence-corrected chi connectivity index (χ4v) is 5.72. The van der Waals surface area contributed by atoms with Gasteiger partial charge >= 0.3 is 35.8 Å². The van der Waals surface area contributed by atoms with Gasteiger partial charge in [0.2, 0.25) is 0 Å². The molecule has 0 aliphatic rings. The highest BCUT2D eigenvalue weighted by molar-refractivity contribution is 6.05. The van der Waals surface area contributed by atoms with E-state index in [1.165, 1.54) is 12.1 Å². The van der Waals surface area contributed by atoms with Gasteiger partial charge in [-0.05, 0) is 78.2 Å². The summed E-state index contributed by atoms with van der Waals surface area (Å²) in [5.41, 5.74) is -0.951. The van der Waals surface area contributed by atoms with Crippen LogP contribution in [0.1, 0.15) is 126 Å². The van der Waals surface area contributed by atoms with Crippen LogP contribution in [0.3, 0.4) is 0 Å². The van der Waals surface area contributed by atoms with Crippen molar-refractivity contribution < 1.29 is 58.7 Å². The van der Waals surface area contributed by atoms with Crippen LogP contribution >= 0.6 is 0 Å². The number of hydrogen-bond donors (Lipinski definition) is 4. The molecule has 0 amide bonds. The summed E-state index contributed by atoms with van der Waals surface area (Å²) >= 11 is 0. The Morgan fingerprint density at radius 3 is 1.24 bits per heavy atom. The van der Waals surface area contributed by atoms with Crippen LogP contribution in [0.25, 0.3) is 0 Å². The minimum atomic E-state index is -1.49. The number of carboxylic acids is 4. The summed E-state index contributed by atoms with van der Waals surface area (Å²) in [4.78, 5) is 71.5. The third kappa shape index (κ3) is 9.04. The van der Waals surface area contributed by atoms with Gasteiger partial charge in [-0.2, -0.15) is 0 Å². The number of carbonyl (C=O) groups excluding carboxylic acids is 2. The van der Waals surface area contributed by atoms with Gasteiger partial charge in [-0.25, -0.2) is 28.8 Å². The maximum atomic E-state index is 12.8. The van der Waals surface area contributed by atoms with E-state index in [1.54, 1.807) is 24.3 Å². The Balaban J connectivity index is 1.55. The number of esters is 2. The SMILES string of the molecule is CCCCCCCC(C)(c1ccc(OC(=O)c2ccc(C(=O)O)c(C(=O)O)c2)cc1)c1ccc(OC(=O)c2ccc(C(=O)O)c(C(=O)O)c2)cc1. The van der Waals surface area contributed by atoms with Crippen molar-refractivity contribution in [1.29, 1.82) is 0 Å². The highest BCUT2D eigenvalue weighted by atomic mass is 16.5. The molecule has 51 heavy (non-hydrogen) atoms. The van der Waals surface area contributed by atoms with Gasteiger partial charge in [-0.3, -0.25) is 0 Å². The molecule has 0 fully saturated rings. The molecule has 0 atom stereocenters. The van der Waals surface area contributed by atoms with Crippen molar-refractivity contribution in [2.75, 3.05) is 0 Å². The first kappa shape index (κ1) is 37.5. The van der Waals surface area contributed by atoms with E-state index < -0.39 is 63.5 Å². The molecule has 264 valence electrons. The summed E-state index contributed by atoms with van der Waals surface area (Å²) in [6.07, 6.45) is 6.01. The number of unbranched alkanes of at least 4 members (excludes halogenated alkanes) is 4. The third-order valence-corrected chi connectivity index (χ3v) is 8.62. The van der Waals surface area contributed by atoms with E-state index >= 15 is 0 Å². The number of carbonyl (C=O) groups is 6. The molecule has 12 nitrogen and oxygen atoms in total. The van der Waals surface area contributed by atoms with Crippen LogP contribution < -0.4 is 9.47 Å². The fraction of sp³-hybridized carbons (Fsp3) is 0.231. The second-order valence-electron chi connectivity index (χ2n) is 12.1. The van der Waals surface area contributed by atoms with Crippen LogP contribution in [-0.4, -0.2) is 56.2 Å². The predicted molar refractivity (Wildman–Crippen MR) is 183 cm³/mol. The Morgan fingerprint density at radius 1 is 0.510 bits per heavy atom. The standard InChI is InChI=1S/C39H36O12/c1-3-4-5-6-7-20-39(2,25-10-14-27(15-11-25)50-37(48)23-8-18-29(33(40)41)31(21-23)35(44)45)26-12-16-28(17-13-26)51-38(49)24-9-19-30(34(42)43)32(22-24)36(46)47/h8-19,21-22H,3-7,20H2,1-2H3,(H,40,41)(H,42,43)(H,44,45)(H,46,47). The average molecular weight is 697 g/mol. The monoisotopic (exact) mass is 696 g/mol. The number of benzene rings is 4. The second-order valence-corrected chi connectivity index (χ2v) is 12.1. The van der Waals surface area contributed by atoms with Crippen LogP contribution in [0.4, 0.5) is 0 Å². The molecule has 0 heterocycles. The van der Waals surface area contributed by atoms with Crippen LogP contribution in [-0.2, 0) is 5.41 Å². The lowest BCUT2D eigenvalue weighted by molar-refractivity contribution is 0.0650. The molecule has 0 unspecified atom stereocenters. The zero-order valence-corrected chi connectivity index (χ0v) is 27.9. The van der Waals surface area contributed by atoms with Gasteiger partial charge in [0.05, 0.1) is 33.4 Å². The van der Waals surface area contributed by atoms with E-state index in [9.17, 15) is 49.2 Å². The van der Waals surface area contributed by atoms with Crippen LogP contribution in [0, 0.1) is 0 Å². The van der Waals surface area contributed by atoms with Gasteiger partial charge in [0.25, 0.3) is 0 Å². The Bertz CT molecular complexity index is 1830. The van der Waals surface area contributed by atoms with Crippen molar-refractivity contribution in [3.05, 3.63) is 129 Å². The van der Waals surface area contributed by atoms with Gasteiger partial charge in [0.1, 0.15) is 11.5 Å². The average Bonchev–Trinajstić information content (AvgIpc) is 3.11. The Labute approximate surface area is 292 Å². The van der Waals surface area contributed by atoms with Gasteiger partial charge in [0, 0.05) is 5.41 Å². The second kappa shape index (κ2) is 16.4. The van der Waals surface area contributed by atoms with E-state index in [1.807, 2.05) is 24.3 Å². The van der Waals surface area contributed by atoms with E-state index in [2.05, 4.69) is 13.8 Å². The summed E-state index contributed by atoms with van der Waals surface area (Å²) in [5, 5.41) is 37.3. The summed E-state index contributed by atoms with van der Waals surface area (Å²) in [6.45, 7) is 4.21. The molecule has 0 aliphatic heterocycles. The molecule has 0 saturated carbocycles. The first-order valence-corrected chi connectivity index (χ1v) is 16.1. The van der Waals surface area contributed by atoms with Gasteiger partial charge in [-0.15, -0.1) is 0 Å². The zero-order chi connectivity index (χ0) is 37.3. The normalized spacial score (nSPS) is 11.0. The number of aromatic carboxylic acids is 4. The van der Waals surface area contributed by atoms with Crippen LogP contribution in [0.5, 0.6) is 11.5 Å². The van der Waals surface area contributed by atoms with Crippen molar-refractivity contribution in [3.8, 4) is 11.5 Å². The zero-order valence-electron chi connectivity index (χ0n) is 27.9. The first-order valence-electron chi connectivity index (χ1n) is 16.1. The molecule has 0 aliphatic carbocycles. The Hall–Kier alpha value is -6.30. The summed E-state index contributed by atoms with van der Waals surface area (Å²) in [5.74, 6) is -7.19. The van der Waals surface area contributed by atoms with E-state index in [4.69, 9.17) is 9.47 Å².